The molecule has 0 aliphatic carbocycles. The maximum absolute atomic E-state index is 12.2. The molecule has 0 radical (unpaired) electrons. The van der Waals surface area contributed by atoms with Crippen molar-refractivity contribution in [1.29, 1.82) is 0 Å². The number of benzene rings is 1. The molecule has 1 aliphatic heterocycles. The van der Waals surface area contributed by atoms with Gasteiger partial charge in [-0.15, -0.1) is 0 Å². The summed E-state index contributed by atoms with van der Waals surface area (Å²) < 4.78 is 5.86. The Labute approximate surface area is 150 Å². The first-order valence-electron chi connectivity index (χ1n) is 7.99. The number of carbonyl (C=O) groups is 1. The average molecular weight is 392 g/mol. The molecule has 1 amide bonds. The average Bonchev–Trinajstić information content (AvgIpc) is 3.13. The highest BCUT2D eigenvalue weighted by atomic mass is 79.9. The highest BCUT2D eigenvalue weighted by Gasteiger charge is 2.21. The Hall–Kier alpha value is -1.79. The number of likely N-dealkylation sites (N-methyl/N-ethyl adjacent to an activating group) is 2. The van der Waals surface area contributed by atoms with Crippen LogP contribution in [-0.2, 0) is 6.42 Å². The number of fused-ring (bicyclic) bond motifs is 1. The van der Waals surface area contributed by atoms with E-state index in [4.69, 9.17) is 4.42 Å². The molecule has 3 rings (SSSR count). The second-order valence-corrected chi connectivity index (χ2v) is 7.13. The fourth-order valence-corrected chi connectivity index (χ4v) is 3.41. The Kier molecular flexibility index (Phi) is 4.96. The molecule has 0 saturated heterocycles. The van der Waals surface area contributed by atoms with Crippen LogP contribution in [-0.4, -0.2) is 45.0 Å². The molecule has 0 saturated carbocycles. The Balaban J connectivity index is 1.72. The lowest BCUT2D eigenvalue weighted by atomic mass is 10.0. The molecular formula is C18H22BrN3O2. The number of hydrogen-bond donors (Lipinski definition) is 1. The number of halogens is 1. The summed E-state index contributed by atoms with van der Waals surface area (Å²) in [4.78, 5) is 16.6. The molecule has 0 bridgehead atoms. The quantitative estimate of drug-likeness (QED) is 0.850. The van der Waals surface area contributed by atoms with Crippen molar-refractivity contribution >= 4 is 27.5 Å². The third-order valence-electron chi connectivity index (χ3n) is 4.49. The topological polar surface area (TPSA) is 48.7 Å². The number of amides is 1. The Morgan fingerprint density at radius 2 is 2.17 bits per heavy atom. The van der Waals surface area contributed by atoms with Gasteiger partial charge in [0.15, 0.2) is 10.4 Å². The standard InChI is InChI=1S/C18H22BrN3O2/c1-21(2)15(11-20-18(23)16-6-7-17(19)24-16)12-4-5-14-13(10-12)8-9-22(14)3/h4-7,10,15H,8-9,11H2,1-3H3,(H,20,23)/t15-/m0/s1. The summed E-state index contributed by atoms with van der Waals surface area (Å²) in [5, 5.41) is 2.96. The van der Waals surface area contributed by atoms with E-state index in [-0.39, 0.29) is 11.9 Å². The van der Waals surface area contributed by atoms with E-state index in [1.807, 2.05) is 14.1 Å². The molecule has 1 N–H and O–H groups in total. The zero-order valence-electron chi connectivity index (χ0n) is 14.2. The van der Waals surface area contributed by atoms with Gasteiger partial charge < -0.3 is 19.5 Å². The normalized spacial score (nSPS) is 14.8. The van der Waals surface area contributed by atoms with Crippen LogP contribution >= 0.6 is 15.9 Å². The van der Waals surface area contributed by atoms with E-state index in [9.17, 15) is 4.79 Å². The maximum atomic E-state index is 12.2. The van der Waals surface area contributed by atoms with Gasteiger partial charge in [0.2, 0.25) is 0 Å². The third-order valence-corrected chi connectivity index (χ3v) is 4.92. The van der Waals surface area contributed by atoms with E-state index >= 15 is 0 Å². The Morgan fingerprint density at radius 1 is 1.38 bits per heavy atom. The van der Waals surface area contributed by atoms with Gasteiger partial charge in [-0.3, -0.25) is 4.79 Å². The molecule has 0 fully saturated rings. The largest absolute Gasteiger partial charge is 0.444 e. The van der Waals surface area contributed by atoms with Crippen LogP contribution in [0.4, 0.5) is 5.69 Å². The van der Waals surface area contributed by atoms with E-state index in [2.05, 4.69) is 56.3 Å². The molecule has 0 spiro atoms. The molecule has 24 heavy (non-hydrogen) atoms. The molecule has 1 aromatic heterocycles. The number of nitrogens with one attached hydrogen (secondary N) is 1. The second-order valence-electron chi connectivity index (χ2n) is 6.35. The predicted molar refractivity (Wildman–Crippen MR) is 98.6 cm³/mol. The number of carbonyl (C=O) groups excluding carboxylic acids is 1. The van der Waals surface area contributed by atoms with Gasteiger partial charge in [0.25, 0.3) is 5.91 Å². The molecule has 6 heteroatoms. The van der Waals surface area contributed by atoms with E-state index in [0.717, 1.165) is 13.0 Å². The maximum Gasteiger partial charge on any atom is 0.287 e. The van der Waals surface area contributed by atoms with Gasteiger partial charge in [0.05, 0.1) is 6.04 Å². The number of furan rings is 1. The summed E-state index contributed by atoms with van der Waals surface area (Å²) in [6.45, 7) is 1.59. The zero-order valence-corrected chi connectivity index (χ0v) is 15.8. The number of nitrogens with zero attached hydrogens (tertiary/aromatic N) is 2. The van der Waals surface area contributed by atoms with Gasteiger partial charge in [0.1, 0.15) is 0 Å². The van der Waals surface area contributed by atoms with Crippen molar-refractivity contribution in [2.45, 2.75) is 12.5 Å². The monoisotopic (exact) mass is 391 g/mol. The van der Waals surface area contributed by atoms with E-state index in [1.54, 1.807) is 12.1 Å². The van der Waals surface area contributed by atoms with Crippen molar-refractivity contribution in [3.8, 4) is 0 Å². The lowest BCUT2D eigenvalue weighted by molar-refractivity contribution is 0.0913. The van der Waals surface area contributed by atoms with Gasteiger partial charge in [-0.1, -0.05) is 12.1 Å². The van der Waals surface area contributed by atoms with Crippen LogP contribution in [0.1, 0.15) is 27.7 Å². The molecule has 128 valence electrons. The van der Waals surface area contributed by atoms with Gasteiger partial charge in [-0.2, -0.15) is 0 Å². The van der Waals surface area contributed by atoms with E-state index < -0.39 is 0 Å². The van der Waals surface area contributed by atoms with Crippen molar-refractivity contribution in [3.63, 3.8) is 0 Å². The van der Waals surface area contributed by atoms with E-state index in [1.165, 1.54) is 16.8 Å². The van der Waals surface area contributed by atoms with Gasteiger partial charge in [0, 0.05) is 25.8 Å². The minimum absolute atomic E-state index is 0.114. The molecule has 1 aliphatic rings. The Morgan fingerprint density at radius 3 is 2.83 bits per heavy atom. The summed E-state index contributed by atoms with van der Waals surface area (Å²) >= 11 is 3.21. The van der Waals surface area contributed by atoms with Crippen molar-refractivity contribution in [3.05, 3.63) is 51.9 Å². The first-order valence-corrected chi connectivity index (χ1v) is 8.79. The first kappa shape index (κ1) is 17.0. The molecule has 1 atom stereocenters. The van der Waals surface area contributed by atoms with Crippen LogP contribution in [0.3, 0.4) is 0 Å². The van der Waals surface area contributed by atoms with Crippen molar-refractivity contribution in [2.75, 3.05) is 39.1 Å². The minimum Gasteiger partial charge on any atom is -0.444 e. The fraction of sp³-hybridized carbons (Fsp3) is 0.389. The summed E-state index contributed by atoms with van der Waals surface area (Å²) in [6.07, 6.45) is 1.08. The van der Waals surface area contributed by atoms with Crippen LogP contribution in [0.5, 0.6) is 0 Å². The van der Waals surface area contributed by atoms with Crippen LogP contribution < -0.4 is 10.2 Å². The molecule has 0 unspecified atom stereocenters. The summed E-state index contributed by atoms with van der Waals surface area (Å²) in [7, 11) is 6.18. The molecule has 5 nitrogen and oxygen atoms in total. The smallest absolute Gasteiger partial charge is 0.287 e. The number of anilines is 1. The lowest BCUT2D eigenvalue weighted by Crippen LogP contribution is -2.34. The van der Waals surface area contributed by atoms with Crippen molar-refractivity contribution < 1.29 is 9.21 Å². The summed E-state index contributed by atoms with van der Waals surface area (Å²) in [5.41, 5.74) is 3.90. The third kappa shape index (κ3) is 3.49. The molecular weight excluding hydrogens is 370 g/mol. The van der Waals surface area contributed by atoms with Crippen LogP contribution in [0, 0.1) is 0 Å². The zero-order chi connectivity index (χ0) is 17.3. The van der Waals surface area contributed by atoms with Crippen LogP contribution in [0.25, 0.3) is 0 Å². The predicted octanol–water partition coefficient (Wildman–Crippen LogP) is 3.07. The summed E-state index contributed by atoms with van der Waals surface area (Å²) in [6, 6.07) is 10.1. The highest BCUT2D eigenvalue weighted by Crippen LogP contribution is 2.30. The molecule has 1 aromatic carbocycles. The van der Waals surface area contributed by atoms with E-state index in [0.29, 0.717) is 17.0 Å². The SMILES string of the molecule is CN1CCc2cc([C@H](CNC(=O)c3ccc(Br)o3)N(C)C)ccc21. The second kappa shape index (κ2) is 6.99. The Bertz CT molecular complexity index is 742. The number of hydrogen-bond acceptors (Lipinski definition) is 4. The van der Waals surface area contributed by atoms with Gasteiger partial charge in [-0.05, 0) is 65.8 Å². The van der Waals surface area contributed by atoms with Gasteiger partial charge >= 0.3 is 0 Å². The summed E-state index contributed by atoms with van der Waals surface area (Å²) in [5.74, 6) is 0.114. The highest BCUT2D eigenvalue weighted by molar-refractivity contribution is 9.10. The lowest BCUT2D eigenvalue weighted by Gasteiger charge is -2.25. The first-order chi connectivity index (χ1) is 11.5. The number of rotatable bonds is 5. The van der Waals surface area contributed by atoms with Crippen molar-refractivity contribution in [2.24, 2.45) is 0 Å². The van der Waals surface area contributed by atoms with Crippen molar-refractivity contribution in [1.82, 2.24) is 10.2 Å². The molecule has 2 heterocycles. The van der Waals surface area contributed by atoms with Crippen LogP contribution in [0.15, 0.2) is 39.4 Å². The van der Waals surface area contributed by atoms with Gasteiger partial charge in [-0.25, -0.2) is 0 Å². The molecule has 2 aromatic rings. The van der Waals surface area contributed by atoms with Crippen LogP contribution in [0.2, 0.25) is 0 Å². The fourth-order valence-electron chi connectivity index (χ4n) is 3.11. The minimum atomic E-state index is -0.201.